The van der Waals surface area contributed by atoms with Crippen LogP contribution < -0.4 is 10.1 Å². The molecule has 100 valence electrons. The Morgan fingerprint density at radius 3 is 2.72 bits per heavy atom. The van der Waals surface area contributed by atoms with E-state index in [1.165, 1.54) is 11.1 Å². The molecule has 0 aliphatic heterocycles. The Labute approximate surface area is 108 Å². The molecule has 0 saturated carbocycles. The number of alkyl carbamates (subject to hydrolysis) is 1. The predicted octanol–water partition coefficient (Wildman–Crippen LogP) is 2.55. The first-order valence-electron chi connectivity index (χ1n) is 6.27. The summed E-state index contributed by atoms with van der Waals surface area (Å²) < 4.78 is 10.1. The van der Waals surface area contributed by atoms with Crippen molar-refractivity contribution >= 4 is 6.09 Å². The first-order chi connectivity index (χ1) is 8.71. The van der Waals surface area contributed by atoms with Crippen LogP contribution in [0.3, 0.4) is 0 Å². The zero-order valence-electron chi connectivity index (χ0n) is 11.3. The molecule has 0 heterocycles. The fourth-order valence-electron chi connectivity index (χ4n) is 1.75. The zero-order valence-corrected chi connectivity index (χ0v) is 11.3. The molecule has 0 aliphatic rings. The van der Waals surface area contributed by atoms with E-state index in [2.05, 4.69) is 18.3 Å². The molecule has 1 amide bonds. The highest BCUT2D eigenvalue weighted by atomic mass is 16.5. The van der Waals surface area contributed by atoms with Crippen LogP contribution in [0.15, 0.2) is 18.2 Å². The lowest BCUT2D eigenvalue weighted by Gasteiger charge is -2.10. The first-order valence-corrected chi connectivity index (χ1v) is 6.27. The van der Waals surface area contributed by atoms with E-state index in [9.17, 15) is 4.79 Å². The Kier molecular flexibility index (Phi) is 6.05. The van der Waals surface area contributed by atoms with Crippen molar-refractivity contribution in [2.75, 3.05) is 20.3 Å². The van der Waals surface area contributed by atoms with Crippen LogP contribution in [0.5, 0.6) is 5.75 Å². The summed E-state index contributed by atoms with van der Waals surface area (Å²) in [4.78, 5) is 11.1. The third-order valence-electron chi connectivity index (χ3n) is 2.68. The largest absolute Gasteiger partial charge is 0.496 e. The molecule has 0 aromatic heterocycles. The summed E-state index contributed by atoms with van der Waals surface area (Å²) in [6.07, 6.45) is 1.36. The Bertz CT molecular complexity index is 391. The van der Waals surface area contributed by atoms with Crippen LogP contribution in [0.2, 0.25) is 0 Å². The van der Waals surface area contributed by atoms with Gasteiger partial charge in [0.05, 0.1) is 13.7 Å². The maximum atomic E-state index is 11.1. The monoisotopic (exact) mass is 251 g/mol. The average molecular weight is 251 g/mol. The quantitative estimate of drug-likeness (QED) is 0.845. The highest BCUT2D eigenvalue weighted by Crippen LogP contribution is 2.20. The van der Waals surface area contributed by atoms with Crippen molar-refractivity contribution in [1.82, 2.24) is 5.32 Å². The molecule has 4 heteroatoms. The second kappa shape index (κ2) is 7.58. The second-order valence-electron chi connectivity index (χ2n) is 3.90. The smallest absolute Gasteiger partial charge is 0.407 e. The maximum absolute atomic E-state index is 11.1. The minimum Gasteiger partial charge on any atom is -0.496 e. The molecule has 0 unspecified atom stereocenters. The van der Waals surface area contributed by atoms with Crippen molar-refractivity contribution in [3.05, 3.63) is 29.3 Å². The van der Waals surface area contributed by atoms with Crippen LogP contribution in [-0.2, 0) is 17.6 Å². The second-order valence-corrected chi connectivity index (χ2v) is 3.90. The van der Waals surface area contributed by atoms with Gasteiger partial charge in [0.25, 0.3) is 0 Å². The van der Waals surface area contributed by atoms with Gasteiger partial charge in [-0.25, -0.2) is 4.79 Å². The molecule has 1 N–H and O–H groups in total. The van der Waals surface area contributed by atoms with Crippen molar-refractivity contribution in [2.45, 2.75) is 26.7 Å². The fraction of sp³-hybridized carbons (Fsp3) is 0.500. The van der Waals surface area contributed by atoms with Crippen molar-refractivity contribution in [1.29, 1.82) is 0 Å². The van der Waals surface area contributed by atoms with Crippen molar-refractivity contribution in [3.8, 4) is 5.75 Å². The lowest BCUT2D eigenvalue weighted by Crippen LogP contribution is -2.26. The molecule has 0 aliphatic carbocycles. The van der Waals surface area contributed by atoms with Gasteiger partial charge in [0.2, 0.25) is 0 Å². The molecule has 4 nitrogen and oxygen atoms in total. The fourth-order valence-corrected chi connectivity index (χ4v) is 1.75. The number of methoxy groups -OCH3 is 1. The van der Waals surface area contributed by atoms with E-state index in [4.69, 9.17) is 9.47 Å². The van der Waals surface area contributed by atoms with Crippen LogP contribution >= 0.6 is 0 Å². The molecular formula is C14H21NO3. The number of nitrogens with one attached hydrogen (secondary N) is 1. The third kappa shape index (κ3) is 4.28. The lowest BCUT2D eigenvalue weighted by molar-refractivity contribution is 0.152. The minimum absolute atomic E-state index is 0.360. The van der Waals surface area contributed by atoms with Crippen molar-refractivity contribution in [3.63, 3.8) is 0 Å². The topological polar surface area (TPSA) is 47.6 Å². The summed E-state index contributed by atoms with van der Waals surface area (Å²) in [5.41, 5.74) is 2.37. The lowest BCUT2D eigenvalue weighted by atomic mass is 10.1. The summed E-state index contributed by atoms with van der Waals surface area (Å²) in [5.74, 6) is 0.916. The number of rotatable bonds is 6. The van der Waals surface area contributed by atoms with Gasteiger partial charge < -0.3 is 14.8 Å². The summed E-state index contributed by atoms with van der Waals surface area (Å²) >= 11 is 0. The highest BCUT2D eigenvalue weighted by Gasteiger charge is 2.04. The normalized spacial score (nSPS) is 9.94. The zero-order chi connectivity index (χ0) is 13.4. The Morgan fingerprint density at radius 2 is 2.11 bits per heavy atom. The Morgan fingerprint density at radius 1 is 1.33 bits per heavy atom. The molecule has 1 rings (SSSR count). The first kappa shape index (κ1) is 14.4. The molecule has 1 aromatic rings. The molecule has 0 saturated heterocycles. The summed E-state index contributed by atoms with van der Waals surface area (Å²) in [5, 5.41) is 2.71. The molecular weight excluding hydrogens is 230 g/mol. The SMILES string of the molecule is CCOC(=O)NCCc1ccc(OC)c(CC)c1. The summed E-state index contributed by atoms with van der Waals surface area (Å²) in [7, 11) is 1.68. The molecule has 1 aromatic carbocycles. The maximum Gasteiger partial charge on any atom is 0.407 e. The van der Waals surface area contributed by atoms with Gasteiger partial charge in [-0.1, -0.05) is 19.1 Å². The van der Waals surface area contributed by atoms with Gasteiger partial charge in [0.15, 0.2) is 0 Å². The number of amides is 1. The van der Waals surface area contributed by atoms with E-state index in [0.29, 0.717) is 13.2 Å². The predicted molar refractivity (Wildman–Crippen MR) is 71.1 cm³/mol. The molecule has 0 atom stereocenters. The summed E-state index contributed by atoms with van der Waals surface area (Å²) in [6, 6.07) is 6.11. The molecule has 0 fully saturated rings. The van der Waals surface area contributed by atoms with Gasteiger partial charge in [-0.15, -0.1) is 0 Å². The molecule has 0 radical (unpaired) electrons. The van der Waals surface area contributed by atoms with E-state index in [1.807, 2.05) is 12.1 Å². The van der Waals surface area contributed by atoms with E-state index < -0.39 is 0 Å². The number of aryl methyl sites for hydroxylation is 1. The Hall–Kier alpha value is -1.71. The van der Waals surface area contributed by atoms with E-state index >= 15 is 0 Å². The van der Waals surface area contributed by atoms with Crippen molar-refractivity contribution < 1.29 is 14.3 Å². The van der Waals surface area contributed by atoms with Gasteiger partial charge in [-0.2, -0.15) is 0 Å². The standard InChI is InChI=1S/C14H21NO3/c1-4-12-10-11(6-7-13(12)17-3)8-9-15-14(16)18-5-2/h6-7,10H,4-5,8-9H2,1-3H3,(H,15,16). The van der Waals surface area contributed by atoms with Crippen LogP contribution in [-0.4, -0.2) is 26.4 Å². The number of carbonyl (C=O) groups excluding carboxylic acids is 1. The van der Waals surface area contributed by atoms with Crippen LogP contribution in [0.25, 0.3) is 0 Å². The van der Waals surface area contributed by atoms with E-state index in [0.717, 1.165) is 18.6 Å². The van der Waals surface area contributed by atoms with Crippen molar-refractivity contribution in [2.24, 2.45) is 0 Å². The van der Waals surface area contributed by atoms with Gasteiger partial charge in [-0.05, 0) is 37.0 Å². The van der Waals surface area contributed by atoms with E-state index in [1.54, 1.807) is 14.0 Å². The number of hydrogen-bond acceptors (Lipinski definition) is 3. The van der Waals surface area contributed by atoms with E-state index in [-0.39, 0.29) is 6.09 Å². The van der Waals surface area contributed by atoms with Gasteiger partial charge in [-0.3, -0.25) is 0 Å². The minimum atomic E-state index is -0.360. The van der Waals surface area contributed by atoms with Crippen LogP contribution in [0, 0.1) is 0 Å². The molecule has 0 bridgehead atoms. The number of carbonyl (C=O) groups is 1. The highest BCUT2D eigenvalue weighted by molar-refractivity contribution is 5.67. The number of ether oxygens (including phenoxy) is 2. The summed E-state index contributed by atoms with van der Waals surface area (Å²) in [6.45, 7) is 4.86. The average Bonchev–Trinajstić information content (AvgIpc) is 2.38. The molecule has 18 heavy (non-hydrogen) atoms. The van der Waals surface area contributed by atoms with Gasteiger partial charge in [0.1, 0.15) is 5.75 Å². The third-order valence-corrected chi connectivity index (χ3v) is 2.68. The Balaban J connectivity index is 2.50. The molecule has 0 spiro atoms. The van der Waals surface area contributed by atoms with Gasteiger partial charge >= 0.3 is 6.09 Å². The van der Waals surface area contributed by atoms with Crippen LogP contribution in [0.4, 0.5) is 4.79 Å². The van der Waals surface area contributed by atoms with Gasteiger partial charge in [0, 0.05) is 6.54 Å². The number of benzene rings is 1. The number of hydrogen-bond donors (Lipinski definition) is 1. The van der Waals surface area contributed by atoms with Crippen LogP contribution in [0.1, 0.15) is 25.0 Å².